The van der Waals surface area contributed by atoms with Gasteiger partial charge in [-0.05, 0) is 44.1 Å². The molecule has 19 heavy (non-hydrogen) atoms. The van der Waals surface area contributed by atoms with Gasteiger partial charge in [0.25, 0.3) is 0 Å². The number of rotatable bonds is 4. The Kier molecular flexibility index (Phi) is 4.58. The Morgan fingerprint density at radius 1 is 1.26 bits per heavy atom. The molecule has 1 saturated carbocycles. The van der Waals surface area contributed by atoms with Crippen LogP contribution in [0.2, 0.25) is 0 Å². The summed E-state index contributed by atoms with van der Waals surface area (Å²) >= 11 is 0. The predicted molar refractivity (Wildman–Crippen MR) is 71.7 cm³/mol. The lowest BCUT2D eigenvalue weighted by molar-refractivity contribution is -0.143. The molecule has 0 bridgehead atoms. The van der Waals surface area contributed by atoms with Gasteiger partial charge in [0.15, 0.2) is 0 Å². The van der Waals surface area contributed by atoms with Crippen LogP contribution in [0.15, 0.2) is 11.1 Å². The van der Waals surface area contributed by atoms with Crippen LogP contribution >= 0.6 is 0 Å². The number of carbonyl (C=O) groups excluding carboxylic acids is 1. The summed E-state index contributed by atoms with van der Waals surface area (Å²) in [5.74, 6) is -0.411. The summed E-state index contributed by atoms with van der Waals surface area (Å²) in [5.41, 5.74) is 2.02. The minimum atomic E-state index is -0.680. The van der Waals surface area contributed by atoms with Crippen molar-refractivity contribution in [1.29, 1.82) is 0 Å². The summed E-state index contributed by atoms with van der Waals surface area (Å²) in [4.78, 5) is 22.8. The van der Waals surface area contributed by atoms with E-state index < -0.39 is 5.97 Å². The smallest absolute Gasteiger partial charge is 0.306 e. The van der Waals surface area contributed by atoms with Crippen molar-refractivity contribution >= 4 is 11.9 Å². The molecule has 0 aromatic carbocycles. The second-order valence-corrected chi connectivity index (χ2v) is 5.60. The number of carboxylic acids is 1. The maximum Gasteiger partial charge on any atom is 0.306 e. The van der Waals surface area contributed by atoms with Crippen LogP contribution in [0.5, 0.6) is 0 Å². The van der Waals surface area contributed by atoms with Crippen LogP contribution in [0.25, 0.3) is 0 Å². The van der Waals surface area contributed by atoms with Gasteiger partial charge in [0.2, 0.25) is 5.91 Å². The lowest BCUT2D eigenvalue weighted by atomic mass is 9.82. The van der Waals surface area contributed by atoms with E-state index in [4.69, 9.17) is 5.11 Å². The molecule has 0 aromatic heterocycles. The average Bonchev–Trinajstić information content (AvgIpc) is 2.34. The van der Waals surface area contributed by atoms with E-state index in [1.165, 1.54) is 5.57 Å². The molecule has 0 radical (unpaired) electrons. The van der Waals surface area contributed by atoms with E-state index in [0.29, 0.717) is 12.5 Å². The van der Waals surface area contributed by atoms with Gasteiger partial charge in [0, 0.05) is 25.2 Å². The summed E-state index contributed by atoms with van der Waals surface area (Å²) in [5, 5.41) is 15.0. The monoisotopic (exact) mass is 266 g/mol. The van der Waals surface area contributed by atoms with Crippen molar-refractivity contribution < 1.29 is 14.7 Å². The number of amides is 1. The predicted octanol–water partition coefficient (Wildman–Crippen LogP) is 0.913. The van der Waals surface area contributed by atoms with Crippen LogP contribution in [-0.4, -0.2) is 36.6 Å². The van der Waals surface area contributed by atoms with E-state index in [0.717, 1.165) is 44.3 Å². The van der Waals surface area contributed by atoms with Crippen molar-refractivity contribution in [3.63, 3.8) is 0 Å². The van der Waals surface area contributed by atoms with Crippen molar-refractivity contribution in [3.05, 3.63) is 11.1 Å². The highest BCUT2D eigenvalue weighted by atomic mass is 16.4. The molecule has 1 aliphatic heterocycles. The Hall–Kier alpha value is -1.36. The molecule has 1 heterocycles. The van der Waals surface area contributed by atoms with Crippen molar-refractivity contribution in [2.45, 2.75) is 32.6 Å². The quantitative estimate of drug-likeness (QED) is 0.661. The van der Waals surface area contributed by atoms with E-state index in [1.54, 1.807) is 0 Å². The third-order valence-corrected chi connectivity index (χ3v) is 4.29. The maximum absolute atomic E-state index is 11.9. The summed E-state index contributed by atoms with van der Waals surface area (Å²) in [6.07, 6.45) is 3.27. The molecule has 2 rings (SSSR count). The van der Waals surface area contributed by atoms with Gasteiger partial charge in [-0.1, -0.05) is 0 Å². The Balaban J connectivity index is 1.72. The number of nitrogens with one attached hydrogen (secondary N) is 2. The van der Waals surface area contributed by atoms with E-state index in [9.17, 15) is 9.59 Å². The molecule has 0 spiro atoms. The molecule has 0 aromatic rings. The van der Waals surface area contributed by atoms with Gasteiger partial charge in [-0.3, -0.25) is 9.59 Å². The zero-order chi connectivity index (χ0) is 13.8. The number of carboxylic acid groups (broad SMARTS) is 1. The zero-order valence-electron chi connectivity index (χ0n) is 11.4. The Labute approximate surface area is 113 Å². The minimum absolute atomic E-state index is 0.0249. The third kappa shape index (κ3) is 3.56. The highest BCUT2D eigenvalue weighted by molar-refractivity contribution is 5.93. The highest BCUT2D eigenvalue weighted by Gasteiger charge is 2.26. The molecule has 2 aliphatic rings. The summed E-state index contributed by atoms with van der Waals surface area (Å²) < 4.78 is 0. The zero-order valence-corrected chi connectivity index (χ0v) is 11.4. The molecule has 5 heteroatoms. The van der Waals surface area contributed by atoms with Crippen LogP contribution in [0, 0.1) is 11.8 Å². The van der Waals surface area contributed by atoms with Crippen LogP contribution in [0.1, 0.15) is 32.6 Å². The Morgan fingerprint density at radius 3 is 2.37 bits per heavy atom. The topological polar surface area (TPSA) is 78.4 Å². The van der Waals surface area contributed by atoms with Gasteiger partial charge in [-0.15, -0.1) is 0 Å². The van der Waals surface area contributed by atoms with Gasteiger partial charge in [0.1, 0.15) is 0 Å². The lowest BCUT2D eigenvalue weighted by Crippen LogP contribution is -2.39. The first-order valence-electron chi connectivity index (χ1n) is 6.98. The van der Waals surface area contributed by atoms with Gasteiger partial charge >= 0.3 is 5.97 Å². The van der Waals surface area contributed by atoms with Gasteiger partial charge in [-0.2, -0.15) is 0 Å². The summed E-state index contributed by atoms with van der Waals surface area (Å²) in [6.45, 7) is 4.18. The SMILES string of the molecule is CC(C(=O)NCC1CCC(C(=O)O)CC1)=C1CNC1. The molecular formula is C14H22N2O3. The fourth-order valence-corrected chi connectivity index (χ4v) is 2.66. The Morgan fingerprint density at radius 2 is 1.89 bits per heavy atom. The van der Waals surface area contributed by atoms with Crippen molar-refractivity contribution in [2.24, 2.45) is 11.8 Å². The molecule has 1 saturated heterocycles. The summed E-state index contributed by atoms with van der Waals surface area (Å²) in [6, 6.07) is 0. The van der Waals surface area contributed by atoms with Gasteiger partial charge < -0.3 is 15.7 Å². The molecule has 0 unspecified atom stereocenters. The van der Waals surface area contributed by atoms with Crippen LogP contribution in [0.3, 0.4) is 0 Å². The van der Waals surface area contributed by atoms with E-state index in [2.05, 4.69) is 10.6 Å². The number of carbonyl (C=O) groups is 2. The first-order chi connectivity index (χ1) is 9.08. The molecule has 0 atom stereocenters. The van der Waals surface area contributed by atoms with Gasteiger partial charge in [0.05, 0.1) is 5.92 Å². The molecule has 1 amide bonds. The molecule has 5 nitrogen and oxygen atoms in total. The number of hydrogen-bond acceptors (Lipinski definition) is 3. The second-order valence-electron chi connectivity index (χ2n) is 5.60. The normalized spacial score (nSPS) is 26.5. The number of hydrogen-bond donors (Lipinski definition) is 3. The van der Waals surface area contributed by atoms with Crippen LogP contribution in [-0.2, 0) is 9.59 Å². The van der Waals surface area contributed by atoms with Crippen LogP contribution in [0.4, 0.5) is 0 Å². The van der Waals surface area contributed by atoms with Crippen molar-refractivity contribution in [2.75, 3.05) is 19.6 Å². The summed E-state index contributed by atoms with van der Waals surface area (Å²) in [7, 11) is 0. The Bertz CT molecular complexity index is 389. The lowest BCUT2D eigenvalue weighted by Gasteiger charge is -2.26. The maximum atomic E-state index is 11.9. The van der Waals surface area contributed by atoms with E-state index in [1.807, 2.05) is 6.92 Å². The number of aliphatic carboxylic acids is 1. The fraction of sp³-hybridized carbons (Fsp3) is 0.714. The average molecular weight is 266 g/mol. The standard InChI is InChI=1S/C14H22N2O3/c1-9(12-7-15-8-12)13(17)16-6-10-2-4-11(5-3-10)14(18)19/h10-11,15H,2-8H2,1H3,(H,16,17)(H,18,19). The molecule has 2 fully saturated rings. The third-order valence-electron chi connectivity index (χ3n) is 4.29. The minimum Gasteiger partial charge on any atom is -0.481 e. The van der Waals surface area contributed by atoms with E-state index >= 15 is 0 Å². The second kappa shape index (κ2) is 6.19. The first kappa shape index (κ1) is 14.1. The fourth-order valence-electron chi connectivity index (χ4n) is 2.66. The molecule has 1 aliphatic carbocycles. The van der Waals surface area contributed by atoms with Crippen molar-refractivity contribution in [1.82, 2.24) is 10.6 Å². The largest absolute Gasteiger partial charge is 0.481 e. The molecular weight excluding hydrogens is 244 g/mol. The molecule has 106 valence electrons. The first-order valence-corrected chi connectivity index (χ1v) is 6.98. The highest BCUT2D eigenvalue weighted by Crippen LogP contribution is 2.28. The van der Waals surface area contributed by atoms with Gasteiger partial charge in [-0.25, -0.2) is 0 Å². The molecule has 3 N–H and O–H groups in total. The van der Waals surface area contributed by atoms with E-state index in [-0.39, 0.29) is 11.8 Å². The van der Waals surface area contributed by atoms with Crippen LogP contribution < -0.4 is 10.6 Å². The van der Waals surface area contributed by atoms with Crippen molar-refractivity contribution in [3.8, 4) is 0 Å².